The first-order valence-electron chi connectivity index (χ1n) is 7.96. The number of aromatic amines is 1. The first-order valence-corrected chi connectivity index (χ1v) is 7.96. The number of para-hydroxylation sites is 1. The van der Waals surface area contributed by atoms with Gasteiger partial charge in [-0.25, -0.2) is 4.68 Å². The van der Waals surface area contributed by atoms with E-state index >= 15 is 0 Å². The van der Waals surface area contributed by atoms with Gasteiger partial charge in [-0.1, -0.05) is 30.3 Å². The van der Waals surface area contributed by atoms with Crippen LogP contribution in [0.1, 0.15) is 5.56 Å². The largest absolute Gasteiger partial charge is 0.287 e. The molecule has 124 valence electrons. The SMILES string of the molecule is N#Cc1ccc(-c2c[nH]nc(-c3ccnn3-c3ccccc3)c2=O)cc1. The van der Waals surface area contributed by atoms with Gasteiger partial charge in [0.05, 0.1) is 29.2 Å². The molecular weight excluding hydrogens is 326 g/mol. The summed E-state index contributed by atoms with van der Waals surface area (Å²) in [5.74, 6) is 0. The molecule has 0 spiro atoms. The van der Waals surface area contributed by atoms with Gasteiger partial charge >= 0.3 is 0 Å². The normalized spacial score (nSPS) is 10.4. The Morgan fingerprint density at radius 1 is 1.00 bits per heavy atom. The Bertz CT molecular complexity index is 1150. The first kappa shape index (κ1) is 15.5. The van der Waals surface area contributed by atoms with Crippen molar-refractivity contribution >= 4 is 0 Å². The van der Waals surface area contributed by atoms with Crippen molar-refractivity contribution in [2.45, 2.75) is 0 Å². The van der Waals surface area contributed by atoms with Crippen molar-refractivity contribution in [1.29, 1.82) is 5.26 Å². The third-order valence-corrected chi connectivity index (χ3v) is 4.06. The highest BCUT2D eigenvalue weighted by Gasteiger charge is 2.15. The Hall–Kier alpha value is -3.98. The minimum absolute atomic E-state index is 0.203. The molecule has 6 nitrogen and oxygen atoms in total. The second-order valence-electron chi connectivity index (χ2n) is 5.63. The first-order chi connectivity index (χ1) is 12.8. The van der Waals surface area contributed by atoms with Gasteiger partial charge in [0.25, 0.3) is 0 Å². The molecule has 0 unspecified atom stereocenters. The number of hydrogen-bond donors (Lipinski definition) is 1. The molecule has 6 heteroatoms. The summed E-state index contributed by atoms with van der Waals surface area (Å²) in [5.41, 5.74) is 3.28. The maximum atomic E-state index is 13.0. The number of nitrogens with one attached hydrogen (secondary N) is 1. The summed E-state index contributed by atoms with van der Waals surface area (Å²) in [4.78, 5) is 13.0. The monoisotopic (exact) mass is 339 g/mol. The van der Waals surface area contributed by atoms with Crippen LogP contribution in [-0.4, -0.2) is 20.0 Å². The highest BCUT2D eigenvalue weighted by molar-refractivity contribution is 5.69. The Balaban J connectivity index is 1.84. The summed E-state index contributed by atoms with van der Waals surface area (Å²) >= 11 is 0. The van der Waals surface area contributed by atoms with Gasteiger partial charge in [0.2, 0.25) is 5.43 Å². The smallest absolute Gasteiger partial charge is 0.217 e. The van der Waals surface area contributed by atoms with Gasteiger partial charge in [0, 0.05) is 11.8 Å². The molecule has 0 amide bonds. The zero-order valence-electron chi connectivity index (χ0n) is 13.6. The fourth-order valence-corrected chi connectivity index (χ4v) is 2.78. The van der Waals surface area contributed by atoms with Crippen LogP contribution >= 0.6 is 0 Å². The number of hydrogen-bond acceptors (Lipinski definition) is 4. The average Bonchev–Trinajstić information content (AvgIpc) is 3.18. The number of rotatable bonds is 3. The lowest BCUT2D eigenvalue weighted by Crippen LogP contribution is -2.14. The van der Waals surface area contributed by atoms with E-state index in [0.717, 1.165) is 11.3 Å². The number of nitriles is 1. The molecule has 0 saturated heterocycles. The molecule has 0 aliphatic heterocycles. The van der Waals surface area contributed by atoms with E-state index in [1.165, 1.54) is 0 Å². The van der Waals surface area contributed by atoms with E-state index in [1.54, 1.807) is 47.4 Å². The third-order valence-electron chi connectivity index (χ3n) is 4.06. The lowest BCUT2D eigenvalue weighted by Gasteiger charge is -2.08. The predicted octanol–water partition coefficient (Wildman–Crippen LogP) is 3.16. The summed E-state index contributed by atoms with van der Waals surface area (Å²) < 4.78 is 1.68. The van der Waals surface area contributed by atoms with Gasteiger partial charge in [-0.05, 0) is 35.9 Å². The molecule has 2 aromatic heterocycles. The fourth-order valence-electron chi connectivity index (χ4n) is 2.78. The Labute approximate surface area is 149 Å². The van der Waals surface area contributed by atoms with Gasteiger partial charge < -0.3 is 0 Å². The van der Waals surface area contributed by atoms with E-state index in [9.17, 15) is 4.79 Å². The van der Waals surface area contributed by atoms with Gasteiger partial charge in [-0.2, -0.15) is 15.5 Å². The van der Waals surface area contributed by atoms with Crippen molar-refractivity contribution in [2.24, 2.45) is 0 Å². The average molecular weight is 339 g/mol. The van der Waals surface area contributed by atoms with Crippen LogP contribution in [0.25, 0.3) is 28.2 Å². The summed E-state index contributed by atoms with van der Waals surface area (Å²) in [6, 6.07) is 20.3. The van der Waals surface area contributed by atoms with Crippen LogP contribution in [0.15, 0.2) is 77.9 Å². The molecule has 0 aliphatic rings. The number of nitrogens with zero attached hydrogens (tertiary/aromatic N) is 4. The van der Waals surface area contributed by atoms with Crippen molar-refractivity contribution < 1.29 is 0 Å². The lowest BCUT2D eigenvalue weighted by molar-refractivity contribution is 0.876. The molecule has 0 fully saturated rings. The Kier molecular flexibility index (Phi) is 3.88. The second kappa shape index (κ2) is 6.49. The van der Waals surface area contributed by atoms with Crippen molar-refractivity contribution in [1.82, 2.24) is 20.0 Å². The fraction of sp³-hybridized carbons (Fsp3) is 0. The summed E-state index contributed by atoms with van der Waals surface area (Å²) in [6.45, 7) is 0. The molecule has 0 aliphatic carbocycles. The maximum Gasteiger partial charge on any atom is 0.217 e. The number of aromatic nitrogens is 4. The second-order valence-corrected chi connectivity index (χ2v) is 5.63. The van der Waals surface area contributed by atoms with Gasteiger partial charge in [-0.3, -0.25) is 9.89 Å². The lowest BCUT2D eigenvalue weighted by atomic mass is 10.0. The summed E-state index contributed by atoms with van der Waals surface area (Å²) in [6.07, 6.45) is 3.20. The van der Waals surface area contributed by atoms with Crippen LogP contribution < -0.4 is 5.43 Å². The molecule has 2 heterocycles. The molecule has 4 rings (SSSR count). The van der Waals surface area contributed by atoms with Crippen molar-refractivity contribution in [3.63, 3.8) is 0 Å². The van der Waals surface area contributed by atoms with E-state index in [0.29, 0.717) is 16.8 Å². The molecule has 0 saturated carbocycles. The van der Waals surface area contributed by atoms with Crippen molar-refractivity contribution in [2.75, 3.05) is 0 Å². The molecular formula is C20H13N5O. The summed E-state index contributed by atoms with van der Waals surface area (Å²) in [5, 5.41) is 20.2. The van der Waals surface area contributed by atoms with Gasteiger partial charge in [0.1, 0.15) is 0 Å². The van der Waals surface area contributed by atoms with E-state index in [2.05, 4.69) is 21.4 Å². The van der Waals surface area contributed by atoms with E-state index in [1.807, 2.05) is 30.3 Å². The van der Waals surface area contributed by atoms with Crippen molar-refractivity contribution in [3.05, 3.63) is 88.8 Å². The van der Waals surface area contributed by atoms with Crippen molar-refractivity contribution in [3.8, 4) is 34.3 Å². The minimum atomic E-state index is -0.203. The number of H-pyrrole nitrogens is 1. The topological polar surface area (TPSA) is 87.4 Å². The molecule has 0 bridgehead atoms. The predicted molar refractivity (Wildman–Crippen MR) is 97.6 cm³/mol. The molecule has 0 radical (unpaired) electrons. The van der Waals surface area contributed by atoms with Gasteiger partial charge in [-0.15, -0.1) is 0 Å². The van der Waals surface area contributed by atoms with Crippen LogP contribution in [0, 0.1) is 11.3 Å². The van der Waals surface area contributed by atoms with Crippen LogP contribution in [0.2, 0.25) is 0 Å². The molecule has 2 aromatic carbocycles. The van der Waals surface area contributed by atoms with E-state index in [4.69, 9.17) is 5.26 Å². The molecule has 4 aromatic rings. The maximum absolute atomic E-state index is 13.0. The van der Waals surface area contributed by atoms with Crippen LogP contribution in [0.5, 0.6) is 0 Å². The van der Waals surface area contributed by atoms with Crippen LogP contribution in [0.4, 0.5) is 0 Å². The van der Waals surface area contributed by atoms with Crippen LogP contribution in [0.3, 0.4) is 0 Å². The highest BCUT2D eigenvalue weighted by atomic mass is 16.1. The van der Waals surface area contributed by atoms with Crippen LogP contribution in [-0.2, 0) is 0 Å². The Morgan fingerprint density at radius 3 is 2.50 bits per heavy atom. The highest BCUT2D eigenvalue weighted by Crippen LogP contribution is 2.21. The van der Waals surface area contributed by atoms with Gasteiger partial charge in [0.15, 0.2) is 5.69 Å². The number of benzene rings is 2. The quantitative estimate of drug-likeness (QED) is 0.621. The molecule has 1 N–H and O–H groups in total. The van der Waals surface area contributed by atoms with E-state index < -0.39 is 0 Å². The van der Waals surface area contributed by atoms with E-state index in [-0.39, 0.29) is 11.1 Å². The zero-order chi connectivity index (χ0) is 17.9. The minimum Gasteiger partial charge on any atom is -0.287 e. The Morgan fingerprint density at radius 2 is 1.77 bits per heavy atom. The molecule has 26 heavy (non-hydrogen) atoms. The molecule has 0 atom stereocenters. The third kappa shape index (κ3) is 2.68. The standard InChI is InChI=1S/C20H13N5O/c21-12-14-6-8-15(9-7-14)17-13-22-24-19(20(17)26)18-10-11-23-25(18)16-4-2-1-3-5-16/h1-11,13H,(H,22,26). The zero-order valence-corrected chi connectivity index (χ0v) is 13.6. The summed E-state index contributed by atoms with van der Waals surface area (Å²) in [7, 11) is 0.